The third-order valence-electron chi connectivity index (χ3n) is 7.64. The van der Waals surface area contributed by atoms with E-state index >= 15 is 0 Å². The smallest absolute Gasteiger partial charge is 0.160 e. The van der Waals surface area contributed by atoms with Crippen LogP contribution in [0.1, 0.15) is 102 Å². The van der Waals surface area contributed by atoms with Crippen LogP contribution in [-0.2, 0) is 0 Å². The molecule has 2 aliphatic carbocycles. The molecular weight excluding hydrogens is 386 g/mol. The van der Waals surface area contributed by atoms with Gasteiger partial charge in [-0.1, -0.05) is 89.0 Å². The van der Waals surface area contributed by atoms with Crippen LogP contribution in [-0.4, -0.2) is 0 Å². The second-order valence-corrected chi connectivity index (χ2v) is 10.00. The van der Waals surface area contributed by atoms with E-state index in [0.29, 0.717) is 11.5 Å². The molecule has 0 N–H and O–H groups in total. The normalized spacial score (nSPS) is 26.5. The lowest BCUT2D eigenvalue weighted by atomic mass is 9.75. The van der Waals surface area contributed by atoms with Crippen molar-refractivity contribution in [2.75, 3.05) is 0 Å². The van der Waals surface area contributed by atoms with Crippen molar-refractivity contribution in [1.29, 1.82) is 0 Å². The van der Waals surface area contributed by atoms with Crippen LogP contribution < -0.4 is 0 Å². The summed E-state index contributed by atoms with van der Waals surface area (Å²) in [5, 5.41) is 0. The van der Waals surface area contributed by atoms with E-state index in [4.69, 9.17) is 0 Å². The minimum Gasteiger partial charge on any atom is -0.204 e. The molecular formula is C29H40F2. The highest BCUT2D eigenvalue weighted by molar-refractivity contribution is 5.37. The molecule has 0 saturated heterocycles. The van der Waals surface area contributed by atoms with Crippen LogP contribution in [0.25, 0.3) is 0 Å². The lowest BCUT2D eigenvalue weighted by molar-refractivity contribution is 0.219. The fraction of sp³-hybridized carbons (Fsp3) is 0.655. The Morgan fingerprint density at radius 1 is 0.806 bits per heavy atom. The molecule has 31 heavy (non-hydrogen) atoms. The predicted octanol–water partition coefficient (Wildman–Crippen LogP) is 8.85. The van der Waals surface area contributed by atoms with Crippen molar-refractivity contribution >= 4 is 0 Å². The maximum Gasteiger partial charge on any atom is 0.160 e. The van der Waals surface area contributed by atoms with Crippen molar-refractivity contribution in [3.8, 4) is 11.8 Å². The summed E-state index contributed by atoms with van der Waals surface area (Å²) >= 11 is 0. The number of benzene rings is 1. The minimum absolute atomic E-state index is 0.516. The van der Waals surface area contributed by atoms with E-state index in [1.807, 2.05) is 6.08 Å². The summed E-state index contributed by atoms with van der Waals surface area (Å²) in [7, 11) is 0. The van der Waals surface area contributed by atoms with Crippen LogP contribution in [0.3, 0.4) is 0 Å². The van der Waals surface area contributed by atoms with Crippen molar-refractivity contribution in [3.05, 3.63) is 47.5 Å². The molecule has 3 rings (SSSR count). The number of rotatable bonds is 8. The molecule has 0 spiro atoms. The zero-order chi connectivity index (χ0) is 21.9. The Labute approximate surface area is 188 Å². The van der Waals surface area contributed by atoms with Gasteiger partial charge < -0.3 is 0 Å². The third kappa shape index (κ3) is 8.44. The molecule has 2 aliphatic rings. The van der Waals surface area contributed by atoms with Gasteiger partial charge in [-0.15, -0.1) is 0 Å². The van der Waals surface area contributed by atoms with E-state index in [2.05, 4.69) is 24.8 Å². The fourth-order valence-electron chi connectivity index (χ4n) is 5.52. The largest absolute Gasteiger partial charge is 0.204 e. The molecule has 2 saturated carbocycles. The van der Waals surface area contributed by atoms with Gasteiger partial charge in [0.15, 0.2) is 11.6 Å². The number of hydrogen-bond acceptors (Lipinski definition) is 0. The van der Waals surface area contributed by atoms with E-state index in [9.17, 15) is 8.78 Å². The Morgan fingerprint density at radius 3 is 2.03 bits per heavy atom. The quantitative estimate of drug-likeness (QED) is 0.288. The van der Waals surface area contributed by atoms with Gasteiger partial charge in [0.05, 0.1) is 0 Å². The zero-order valence-corrected chi connectivity index (χ0v) is 19.4. The van der Waals surface area contributed by atoms with E-state index in [1.54, 1.807) is 0 Å². The Morgan fingerprint density at radius 2 is 1.42 bits per heavy atom. The second-order valence-electron chi connectivity index (χ2n) is 10.00. The highest BCUT2D eigenvalue weighted by Gasteiger charge is 2.24. The number of hydrogen-bond donors (Lipinski definition) is 0. The van der Waals surface area contributed by atoms with Gasteiger partial charge >= 0.3 is 0 Å². The van der Waals surface area contributed by atoms with E-state index in [1.165, 1.54) is 96.0 Å². The highest BCUT2D eigenvalue weighted by atomic mass is 19.2. The number of unbranched alkanes of at least 4 members (excludes halogenated alkanes) is 2. The molecule has 1 aromatic carbocycles. The molecule has 0 aromatic heterocycles. The van der Waals surface area contributed by atoms with Crippen LogP contribution in [0.4, 0.5) is 8.78 Å². The van der Waals surface area contributed by atoms with Crippen LogP contribution in [0.2, 0.25) is 0 Å². The molecule has 0 amide bonds. The van der Waals surface area contributed by atoms with Crippen molar-refractivity contribution in [3.63, 3.8) is 0 Å². The van der Waals surface area contributed by atoms with Gasteiger partial charge in [-0.3, -0.25) is 0 Å². The molecule has 1 aromatic rings. The number of allylic oxidation sites excluding steroid dienone is 2. The predicted molar refractivity (Wildman–Crippen MR) is 127 cm³/mol. The van der Waals surface area contributed by atoms with Gasteiger partial charge in [0.1, 0.15) is 0 Å². The lowest BCUT2D eigenvalue weighted by Crippen LogP contribution is -2.17. The fourth-order valence-corrected chi connectivity index (χ4v) is 5.52. The Kier molecular flexibility index (Phi) is 10.1. The first-order valence-corrected chi connectivity index (χ1v) is 12.8. The Bertz CT molecular complexity index is 738. The topological polar surface area (TPSA) is 0 Å². The molecule has 2 fully saturated rings. The maximum absolute atomic E-state index is 13.2. The van der Waals surface area contributed by atoms with E-state index in [0.717, 1.165) is 29.9 Å². The summed E-state index contributed by atoms with van der Waals surface area (Å²) in [5.74, 6) is 7.75. The summed E-state index contributed by atoms with van der Waals surface area (Å²) in [6.45, 7) is 2.30. The molecule has 0 radical (unpaired) electrons. The maximum atomic E-state index is 13.2. The highest BCUT2D eigenvalue weighted by Crippen LogP contribution is 2.38. The van der Waals surface area contributed by atoms with E-state index < -0.39 is 11.6 Å². The number of halogens is 2. The van der Waals surface area contributed by atoms with Crippen LogP contribution in [0.5, 0.6) is 0 Å². The van der Waals surface area contributed by atoms with Crippen molar-refractivity contribution in [1.82, 2.24) is 0 Å². The first-order chi connectivity index (χ1) is 15.1. The minimum atomic E-state index is -0.839. The average Bonchev–Trinajstić information content (AvgIpc) is 2.79. The van der Waals surface area contributed by atoms with Crippen molar-refractivity contribution in [2.45, 2.75) is 96.8 Å². The van der Waals surface area contributed by atoms with Gasteiger partial charge in [0.25, 0.3) is 0 Å². The monoisotopic (exact) mass is 426 g/mol. The standard InChI is InChI=1S/C29H40F2/c1-2-3-4-7-23-10-14-25(15-11-23)18-19-26-16-12-24(13-17-26)8-5-6-9-27-20-21-28(30)29(31)22-27/h5,8,20-26H,2-4,7,10-19H2,1H3/b8-5+/t23-,24?,25-,26?. The summed E-state index contributed by atoms with van der Waals surface area (Å²) in [6.07, 6.45) is 23.8. The molecule has 0 aliphatic heterocycles. The second kappa shape index (κ2) is 13.0. The van der Waals surface area contributed by atoms with Crippen LogP contribution in [0, 0.1) is 47.1 Å². The van der Waals surface area contributed by atoms with Gasteiger partial charge in [-0.2, -0.15) is 0 Å². The summed E-state index contributed by atoms with van der Waals surface area (Å²) in [6, 6.07) is 3.80. The Balaban J connectivity index is 1.29. The summed E-state index contributed by atoms with van der Waals surface area (Å²) < 4.78 is 26.2. The first-order valence-electron chi connectivity index (χ1n) is 12.8. The van der Waals surface area contributed by atoms with E-state index in [-0.39, 0.29) is 0 Å². The average molecular weight is 427 g/mol. The molecule has 2 heteroatoms. The molecule has 0 nitrogen and oxygen atoms in total. The summed E-state index contributed by atoms with van der Waals surface area (Å²) in [4.78, 5) is 0. The van der Waals surface area contributed by atoms with Gasteiger partial charge in [-0.05, 0) is 73.6 Å². The molecule has 170 valence electrons. The van der Waals surface area contributed by atoms with Crippen LogP contribution in [0.15, 0.2) is 30.4 Å². The van der Waals surface area contributed by atoms with Crippen molar-refractivity contribution < 1.29 is 8.78 Å². The van der Waals surface area contributed by atoms with Gasteiger partial charge in [-0.25, -0.2) is 8.78 Å². The third-order valence-corrected chi connectivity index (χ3v) is 7.64. The molecule has 0 heterocycles. The van der Waals surface area contributed by atoms with Crippen LogP contribution >= 0.6 is 0 Å². The lowest BCUT2D eigenvalue weighted by Gasteiger charge is -2.31. The molecule has 0 atom stereocenters. The SMILES string of the molecule is CCCCC[C@H]1CC[C@H](CCC2CCC(/C=C/C#Cc3ccc(F)c(F)c3)CC2)CC1. The summed E-state index contributed by atoms with van der Waals surface area (Å²) in [5.41, 5.74) is 0.516. The Hall–Kier alpha value is -1.62. The molecule has 0 bridgehead atoms. The first kappa shape index (κ1) is 24.0. The van der Waals surface area contributed by atoms with Gasteiger partial charge in [0, 0.05) is 5.56 Å². The van der Waals surface area contributed by atoms with Gasteiger partial charge in [0.2, 0.25) is 0 Å². The zero-order valence-electron chi connectivity index (χ0n) is 19.4. The molecule has 0 unspecified atom stereocenters. The van der Waals surface area contributed by atoms with Crippen molar-refractivity contribution in [2.24, 2.45) is 23.7 Å².